The van der Waals surface area contributed by atoms with Gasteiger partial charge in [-0.15, -0.1) is 0 Å². The molecule has 1 heterocycles. The van der Waals surface area contributed by atoms with Gasteiger partial charge >= 0.3 is 0 Å². The summed E-state index contributed by atoms with van der Waals surface area (Å²) in [6.45, 7) is 10.8. The van der Waals surface area contributed by atoms with Gasteiger partial charge in [-0.2, -0.15) is 0 Å². The van der Waals surface area contributed by atoms with E-state index in [1.54, 1.807) is 0 Å². The van der Waals surface area contributed by atoms with E-state index in [-0.39, 0.29) is 18.3 Å². The van der Waals surface area contributed by atoms with E-state index in [0.29, 0.717) is 5.92 Å². The van der Waals surface area contributed by atoms with Gasteiger partial charge in [-0.05, 0) is 44.4 Å². The topological polar surface area (TPSA) is 38.7 Å². The second kappa shape index (κ2) is 5.34. The Labute approximate surface area is 117 Å². The average molecular weight is 270 g/mol. The normalized spacial score (nSPS) is 48.0. The molecule has 0 radical (unpaired) electrons. The highest BCUT2D eigenvalue weighted by Crippen LogP contribution is 2.50. The molecule has 112 valence electrons. The zero-order chi connectivity index (χ0) is 14.3. The maximum atomic E-state index is 9.48. The summed E-state index contributed by atoms with van der Waals surface area (Å²) < 4.78 is 12.2. The first kappa shape index (κ1) is 15.3. The van der Waals surface area contributed by atoms with Crippen LogP contribution in [0, 0.1) is 17.8 Å². The first-order valence-electron chi connectivity index (χ1n) is 7.83. The summed E-state index contributed by atoms with van der Waals surface area (Å²) in [4.78, 5) is 0. The number of rotatable bonds is 4. The van der Waals surface area contributed by atoms with Gasteiger partial charge in [-0.1, -0.05) is 33.6 Å². The summed E-state index contributed by atoms with van der Waals surface area (Å²) in [5.74, 6) is 1.14. The molecule has 2 fully saturated rings. The van der Waals surface area contributed by atoms with E-state index in [9.17, 15) is 5.11 Å². The summed E-state index contributed by atoms with van der Waals surface area (Å²) in [6, 6.07) is 0. The van der Waals surface area contributed by atoms with Crippen molar-refractivity contribution in [1.29, 1.82) is 0 Å². The standard InChI is InChI=1S/C16H30O3/c1-6-7-11(2)13-8-12(3)16(5)14(9-13)18-15(4,10-17)19-16/h11-14,17H,6-10H2,1-5H3/t11-,12-,13+,14+,15-,16-/m1/s1. The van der Waals surface area contributed by atoms with Gasteiger partial charge in [0.25, 0.3) is 0 Å². The lowest BCUT2D eigenvalue weighted by Gasteiger charge is -2.44. The SMILES string of the molecule is CCC[C@@H](C)[C@H]1C[C@@H](C)[C@@]2(C)O[C@](C)(CO)O[C@H]2C1. The summed E-state index contributed by atoms with van der Waals surface area (Å²) in [5, 5.41) is 9.48. The lowest BCUT2D eigenvalue weighted by atomic mass is 9.67. The fourth-order valence-corrected chi connectivity index (χ4v) is 3.96. The average Bonchev–Trinajstić information content (AvgIpc) is 2.63. The van der Waals surface area contributed by atoms with Crippen molar-refractivity contribution in [3.05, 3.63) is 0 Å². The highest BCUT2D eigenvalue weighted by molar-refractivity contribution is 5.02. The predicted octanol–water partition coefficient (Wildman–Crippen LogP) is 3.35. The van der Waals surface area contributed by atoms with Crippen molar-refractivity contribution in [3.8, 4) is 0 Å². The monoisotopic (exact) mass is 270 g/mol. The molecule has 2 aliphatic rings. The van der Waals surface area contributed by atoms with Crippen LogP contribution in [0.25, 0.3) is 0 Å². The van der Waals surface area contributed by atoms with Crippen LogP contribution in [-0.4, -0.2) is 29.2 Å². The minimum Gasteiger partial charge on any atom is -0.391 e. The molecule has 0 aromatic rings. The Bertz CT molecular complexity index is 319. The van der Waals surface area contributed by atoms with Crippen LogP contribution in [0.15, 0.2) is 0 Å². The highest BCUT2D eigenvalue weighted by Gasteiger charge is 2.57. The first-order chi connectivity index (χ1) is 8.84. The molecule has 0 aromatic heterocycles. The third-order valence-corrected chi connectivity index (χ3v) is 5.45. The van der Waals surface area contributed by atoms with Crippen molar-refractivity contribution in [1.82, 2.24) is 0 Å². The molecule has 0 spiro atoms. The van der Waals surface area contributed by atoms with Crippen LogP contribution in [0.3, 0.4) is 0 Å². The maximum Gasteiger partial charge on any atom is 0.189 e. The molecule has 1 saturated heterocycles. The summed E-state index contributed by atoms with van der Waals surface area (Å²) >= 11 is 0. The van der Waals surface area contributed by atoms with Gasteiger partial charge < -0.3 is 14.6 Å². The van der Waals surface area contributed by atoms with Gasteiger partial charge in [0.15, 0.2) is 5.79 Å². The van der Waals surface area contributed by atoms with E-state index in [2.05, 4.69) is 27.7 Å². The van der Waals surface area contributed by atoms with Gasteiger partial charge in [0.05, 0.1) is 18.3 Å². The molecule has 19 heavy (non-hydrogen) atoms. The molecule has 1 aliphatic carbocycles. The summed E-state index contributed by atoms with van der Waals surface area (Å²) in [5.41, 5.74) is -0.236. The molecule has 1 N–H and O–H groups in total. The van der Waals surface area contributed by atoms with E-state index in [0.717, 1.165) is 18.3 Å². The van der Waals surface area contributed by atoms with Crippen LogP contribution in [0.5, 0.6) is 0 Å². The van der Waals surface area contributed by atoms with E-state index >= 15 is 0 Å². The van der Waals surface area contributed by atoms with Crippen molar-refractivity contribution in [2.75, 3.05) is 6.61 Å². The molecule has 6 atom stereocenters. The lowest BCUT2D eigenvalue weighted by Crippen LogP contribution is -2.49. The molecule has 2 rings (SSSR count). The lowest BCUT2D eigenvalue weighted by molar-refractivity contribution is -0.201. The number of ether oxygens (including phenoxy) is 2. The molecule has 1 aliphatic heterocycles. The van der Waals surface area contributed by atoms with Crippen LogP contribution >= 0.6 is 0 Å². The van der Waals surface area contributed by atoms with Gasteiger partial charge in [0.2, 0.25) is 0 Å². The third-order valence-electron chi connectivity index (χ3n) is 5.45. The smallest absolute Gasteiger partial charge is 0.189 e. The summed E-state index contributed by atoms with van der Waals surface area (Å²) in [7, 11) is 0. The number of hydrogen-bond acceptors (Lipinski definition) is 3. The fourth-order valence-electron chi connectivity index (χ4n) is 3.96. The van der Waals surface area contributed by atoms with E-state index in [1.807, 2.05) is 6.92 Å². The minimum absolute atomic E-state index is 0.0685. The van der Waals surface area contributed by atoms with Crippen molar-refractivity contribution in [3.63, 3.8) is 0 Å². The van der Waals surface area contributed by atoms with Crippen molar-refractivity contribution >= 4 is 0 Å². The van der Waals surface area contributed by atoms with Gasteiger partial charge in [0.1, 0.15) is 0 Å². The Balaban J connectivity index is 2.11. The molecular weight excluding hydrogens is 240 g/mol. The maximum absolute atomic E-state index is 9.48. The minimum atomic E-state index is -0.809. The zero-order valence-corrected chi connectivity index (χ0v) is 13.1. The van der Waals surface area contributed by atoms with E-state index < -0.39 is 5.79 Å². The molecule has 3 nitrogen and oxygen atoms in total. The van der Waals surface area contributed by atoms with Gasteiger partial charge in [-0.25, -0.2) is 0 Å². The van der Waals surface area contributed by atoms with Crippen LogP contribution in [0.4, 0.5) is 0 Å². The van der Waals surface area contributed by atoms with Crippen LogP contribution < -0.4 is 0 Å². The number of aliphatic hydroxyl groups is 1. The Morgan fingerprint density at radius 2 is 2.00 bits per heavy atom. The Morgan fingerprint density at radius 1 is 1.32 bits per heavy atom. The van der Waals surface area contributed by atoms with E-state index in [4.69, 9.17) is 9.47 Å². The molecule has 3 heteroatoms. The zero-order valence-electron chi connectivity index (χ0n) is 13.1. The van der Waals surface area contributed by atoms with Crippen LogP contribution in [0.2, 0.25) is 0 Å². The van der Waals surface area contributed by atoms with Crippen LogP contribution in [-0.2, 0) is 9.47 Å². The number of aliphatic hydroxyl groups excluding tert-OH is 1. The number of fused-ring (bicyclic) bond motifs is 1. The van der Waals surface area contributed by atoms with Crippen molar-refractivity contribution in [2.45, 2.75) is 77.8 Å². The molecule has 0 unspecified atom stereocenters. The Kier molecular flexibility index (Phi) is 4.29. The Hall–Kier alpha value is -0.120. The Morgan fingerprint density at radius 3 is 2.58 bits per heavy atom. The number of hydrogen-bond donors (Lipinski definition) is 1. The second-order valence-electron chi connectivity index (χ2n) is 7.08. The van der Waals surface area contributed by atoms with E-state index in [1.165, 1.54) is 19.3 Å². The van der Waals surface area contributed by atoms with Gasteiger partial charge in [0, 0.05) is 0 Å². The molecular formula is C16H30O3. The largest absolute Gasteiger partial charge is 0.391 e. The third kappa shape index (κ3) is 2.70. The van der Waals surface area contributed by atoms with Crippen LogP contribution in [0.1, 0.15) is 60.3 Å². The molecule has 0 aromatic carbocycles. The molecule has 1 saturated carbocycles. The first-order valence-corrected chi connectivity index (χ1v) is 7.83. The summed E-state index contributed by atoms with van der Waals surface area (Å²) in [6.07, 6.45) is 4.94. The highest BCUT2D eigenvalue weighted by atomic mass is 16.8. The van der Waals surface area contributed by atoms with Crippen molar-refractivity contribution in [2.24, 2.45) is 17.8 Å². The molecule has 0 amide bonds. The quantitative estimate of drug-likeness (QED) is 0.851. The van der Waals surface area contributed by atoms with Crippen molar-refractivity contribution < 1.29 is 14.6 Å². The van der Waals surface area contributed by atoms with Gasteiger partial charge in [-0.3, -0.25) is 0 Å². The fraction of sp³-hybridized carbons (Fsp3) is 1.00. The second-order valence-corrected chi connectivity index (χ2v) is 7.08. The molecule has 0 bridgehead atoms. The predicted molar refractivity (Wildman–Crippen MR) is 75.8 cm³/mol.